The normalized spacial score (nSPS) is 12.5. The Morgan fingerprint density at radius 2 is 2.29 bits per heavy atom. The highest BCUT2D eigenvalue weighted by atomic mass is 16.5. The van der Waals surface area contributed by atoms with Crippen molar-refractivity contribution in [3.8, 4) is 0 Å². The summed E-state index contributed by atoms with van der Waals surface area (Å²) in [6.45, 7) is 4.55. The zero-order chi connectivity index (χ0) is 17.1. The highest BCUT2D eigenvalue weighted by Gasteiger charge is 2.18. The Morgan fingerprint density at radius 1 is 1.46 bits per heavy atom. The Balaban J connectivity index is 1.69. The number of ether oxygens (including phenoxy) is 1. The van der Waals surface area contributed by atoms with E-state index in [0.29, 0.717) is 23.9 Å². The molecule has 2 aromatic heterocycles. The molecule has 0 aliphatic heterocycles. The van der Waals surface area contributed by atoms with Crippen molar-refractivity contribution >= 4 is 16.9 Å². The van der Waals surface area contributed by atoms with Crippen LogP contribution in [-0.2, 0) is 11.3 Å². The Kier molecular flexibility index (Phi) is 4.57. The van der Waals surface area contributed by atoms with Crippen LogP contribution in [0.5, 0.6) is 0 Å². The van der Waals surface area contributed by atoms with Crippen LogP contribution < -0.4 is 0 Å². The molecule has 0 spiro atoms. The molecule has 0 aliphatic rings. The molecule has 0 fully saturated rings. The molecule has 1 atom stereocenters. The third-order valence-electron chi connectivity index (χ3n) is 3.65. The van der Waals surface area contributed by atoms with Crippen LogP contribution in [0.4, 0.5) is 0 Å². The first-order valence-electron chi connectivity index (χ1n) is 7.71. The number of hydrogen-bond donors (Lipinski definition) is 1. The number of amides is 1. The number of aromatic nitrogens is 4. The molecule has 3 rings (SSSR count). The molecule has 8 heteroatoms. The lowest BCUT2D eigenvalue weighted by Crippen LogP contribution is -2.26. The fraction of sp³-hybridized carbons (Fsp3) is 0.375. The molecule has 1 N–H and O–H groups in total. The first kappa shape index (κ1) is 16.1. The molecule has 24 heavy (non-hydrogen) atoms. The number of carbonyl (C=O) groups excluding carboxylic acids is 1. The molecule has 126 valence electrons. The average Bonchev–Trinajstić information content (AvgIpc) is 3.22. The SMILES string of the molecule is CCOC(C)c1noc(CN(C)C(=O)c2ccc3nc[nH]c3c2)n1. The van der Waals surface area contributed by atoms with Crippen molar-refractivity contribution in [1.29, 1.82) is 0 Å². The van der Waals surface area contributed by atoms with Crippen molar-refractivity contribution in [1.82, 2.24) is 25.0 Å². The van der Waals surface area contributed by atoms with E-state index in [-0.39, 0.29) is 18.6 Å². The lowest BCUT2D eigenvalue weighted by Gasteiger charge is -2.14. The predicted octanol–water partition coefficient (Wildman–Crippen LogP) is 2.32. The highest BCUT2D eigenvalue weighted by molar-refractivity contribution is 5.97. The summed E-state index contributed by atoms with van der Waals surface area (Å²) in [6, 6.07) is 5.33. The van der Waals surface area contributed by atoms with Gasteiger partial charge in [-0.25, -0.2) is 4.98 Å². The van der Waals surface area contributed by atoms with E-state index in [2.05, 4.69) is 20.1 Å². The van der Waals surface area contributed by atoms with Crippen molar-refractivity contribution < 1.29 is 14.1 Å². The molecular weight excluding hydrogens is 310 g/mol. The van der Waals surface area contributed by atoms with Gasteiger partial charge in [-0.15, -0.1) is 0 Å². The number of fused-ring (bicyclic) bond motifs is 1. The van der Waals surface area contributed by atoms with Gasteiger partial charge in [0.2, 0.25) is 5.89 Å². The highest BCUT2D eigenvalue weighted by Crippen LogP contribution is 2.16. The number of rotatable bonds is 6. The zero-order valence-corrected chi connectivity index (χ0v) is 13.8. The molecule has 0 aliphatic carbocycles. The van der Waals surface area contributed by atoms with E-state index >= 15 is 0 Å². The molecule has 1 amide bonds. The van der Waals surface area contributed by atoms with Crippen LogP contribution in [0.2, 0.25) is 0 Å². The summed E-state index contributed by atoms with van der Waals surface area (Å²) in [6.07, 6.45) is 1.36. The summed E-state index contributed by atoms with van der Waals surface area (Å²) in [4.78, 5) is 25.5. The number of carbonyl (C=O) groups is 1. The fourth-order valence-corrected chi connectivity index (χ4v) is 2.39. The van der Waals surface area contributed by atoms with E-state index < -0.39 is 0 Å². The van der Waals surface area contributed by atoms with E-state index in [1.807, 2.05) is 19.9 Å². The summed E-state index contributed by atoms with van der Waals surface area (Å²) in [7, 11) is 1.69. The smallest absolute Gasteiger partial charge is 0.254 e. The number of hydrogen-bond acceptors (Lipinski definition) is 6. The van der Waals surface area contributed by atoms with Gasteiger partial charge in [-0.05, 0) is 32.0 Å². The molecule has 3 aromatic rings. The molecule has 1 unspecified atom stereocenters. The van der Waals surface area contributed by atoms with Gasteiger partial charge < -0.3 is 19.1 Å². The quantitative estimate of drug-likeness (QED) is 0.745. The lowest BCUT2D eigenvalue weighted by atomic mass is 10.2. The van der Waals surface area contributed by atoms with Gasteiger partial charge in [0.05, 0.1) is 23.9 Å². The Labute approximate surface area is 138 Å². The summed E-state index contributed by atoms with van der Waals surface area (Å²) in [5.41, 5.74) is 2.21. The van der Waals surface area contributed by atoms with Crippen LogP contribution >= 0.6 is 0 Å². The standard InChI is InChI=1S/C16H19N5O3/c1-4-23-10(2)15-19-14(24-20-15)8-21(3)16(22)11-5-6-12-13(7-11)18-9-17-12/h5-7,9-10H,4,8H2,1-3H3,(H,17,18). The maximum absolute atomic E-state index is 12.5. The van der Waals surface area contributed by atoms with Gasteiger partial charge in [0.25, 0.3) is 5.91 Å². The summed E-state index contributed by atoms with van der Waals surface area (Å²) < 4.78 is 10.6. The van der Waals surface area contributed by atoms with Crippen molar-refractivity contribution in [2.45, 2.75) is 26.5 Å². The maximum atomic E-state index is 12.5. The van der Waals surface area contributed by atoms with Gasteiger partial charge in [0, 0.05) is 19.2 Å². The van der Waals surface area contributed by atoms with E-state index in [1.54, 1.807) is 25.5 Å². The molecule has 8 nitrogen and oxygen atoms in total. The molecule has 1 aromatic carbocycles. The summed E-state index contributed by atoms with van der Waals surface area (Å²) in [5, 5.41) is 3.89. The monoisotopic (exact) mass is 329 g/mol. The van der Waals surface area contributed by atoms with Crippen LogP contribution in [0.1, 0.15) is 42.0 Å². The van der Waals surface area contributed by atoms with Crippen LogP contribution in [0.25, 0.3) is 11.0 Å². The topological polar surface area (TPSA) is 97.1 Å². The number of imidazole rings is 1. The number of benzene rings is 1. The van der Waals surface area contributed by atoms with Crippen molar-refractivity contribution in [3.63, 3.8) is 0 Å². The second kappa shape index (κ2) is 6.79. The summed E-state index contributed by atoms with van der Waals surface area (Å²) in [5.74, 6) is 0.714. The largest absolute Gasteiger partial charge is 0.371 e. The molecule has 0 bridgehead atoms. The Hall–Kier alpha value is -2.74. The Morgan fingerprint density at radius 3 is 3.08 bits per heavy atom. The van der Waals surface area contributed by atoms with E-state index in [4.69, 9.17) is 9.26 Å². The van der Waals surface area contributed by atoms with Gasteiger partial charge in [-0.2, -0.15) is 4.98 Å². The van der Waals surface area contributed by atoms with Gasteiger partial charge in [0.1, 0.15) is 6.10 Å². The van der Waals surface area contributed by atoms with Crippen molar-refractivity contribution in [2.75, 3.05) is 13.7 Å². The minimum atomic E-state index is -0.240. The second-order valence-corrected chi connectivity index (χ2v) is 5.44. The lowest BCUT2D eigenvalue weighted by molar-refractivity contribution is 0.0682. The number of nitrogens with zero attached hydrogens (tertiary/aromatic N) is 4. The zero-order valence-electron chi connectivity index (χ0n) is 13.8. The van der Waals surface area contributed by atoms with Crippen molar-refractivity contribution in [2.24, 2.45) is 0 Å². The van der Waals surface area contributed by atoms with E-state index in [9.17, 15) is 4.79 Å². The van der Waals surface area contributed by atoms with Gasteiger partial charge in [0.15, 0.2) is 5.82 Å². The van der Waals surface area contributed by atoms with Crippen molar-refractivity contribution in [3.05, 3.63) is 41.8 Å². The molecule has 0 saturated carbocycles. The number of aromatic amines is 1. The number of H-pyrrole nitrogens is 1. The molecule has 2 heterocycles. The minimum absolute atomic E-state index is 0.135. The first-order chi connectivity index (χ1) is 11.6. The number of nitrogens with one attached hydrogen (secondary N) is 1. The van der Waals surface area contributed by atoms with Gasteiger partial charge in [-0.3, -0.25) is 4.79 Å². The van der Waals surface area contributed by atoms with Gasteiger partial charge >= 0.3 is 0 Å². The first-order valence-corrected chi connectivity index (χ1v) is 7.71. The van der Waals surface area contributed by atoms with Crippen LogP contribution in [0, 0.1) is 0 Å². The second-order valence-electron chi connectivity index (χ2n) is 5.44. The predicted molar refractivity (Wildman–Crippen MR) is 86.2 cm³/mol. The van der Waals surface area contributed by atoms with Crippen LogP contribution in [0.15, 0.2) is 29.0 Å². The third-order valence-corrected chi connectivity index (χ3v) is 3.65. The fourth-order valence-electron chi connectivity index (χ4n) is 2.39. The van der Waals surface area contributed by atoms with Gasteiger partial charge in [-0.1, -0.05) is 5.16 Å². The molecular formula is C16H19N5O3. The summed E-state index contributed by atoms with van der Waals surface area (Å²) >= 11 is 0. The molecule has 0 radical (unpaired) electrons. The minimum Gasteiger partial charge on any atom is -0.371 e. The maximum Gasteiger partial charge on any atom is 0.254 e. The third kappa shape index (κ3) is 3.28. The van der Waals surface area contributed by atoms with Crippen LogP contribution in [-0.4, -0.2) is 44.6 Å². The van der Waals surface area contributed by atoms with E-state index in [0.717, 1.165) is 11.0 Å². The Bertz CT molecular complexity index is 841. The molecule has 0 saturated heterocycles. The average molecular weight is 329 g/mol. The van der Waals surface area contributed by atoms with E-state index in [1.165, 1.54) is 4.90 Å². The van der Waals surface area contributed by atoms with Crippen LogP contribution in [0.3, 0.4) is 0 Å².